The van der Waals surface area contributed by atoms with Gasteiger partial charge in [0.15, 0.2) is 0 Å². The molecule has 1 saturated carbocycles. The molecule has 1 aliphatic carbocycles. The van der Waals surface area contributed by atoms with Crippen LogP contribution in [0.5, 0.6) is 0 Å². The summed E-state index contributed by atoms with van der Waals surface area (Å²) in [7, 11) is 0. The summed E-state index contributed by atoms with van der Waals surface area (Å²) >= 11 is 0. The first-order valence-electron chi connectivity index (χ1n) is 6.15. The fourth-order valence-electron chi connectivity index (χ4n) is 2.88. The summed E-state index contributed by atoms with van der Waals surface area (Å²) in [4.78, 5) is 0. The van der Waals surface area contributed by atoms with Gasteiger partial charge in [0.05, 0.1) is 12.1 Å². The van der Waals surface area contributed by atoms with E-state index in [4.69, 9.17) is 0 Å². The van der Waals surface area contributed by atoms with Crippen molar-refractivity contribution in [2.75, 3.05) is 6.54 Å². The normalized spacial score (nSPS) is 31.3. The molecular weight excluding hydrogens is 204 g/mol. The molecule has 2 unspecified atom stereocenters. The standard InChI is InChI=1S/C11H18N4O/c16-9-5-10(12-6-9)11-14-13-7-15(11)8-3-1-2-4-8/h7-10,12,16H,1-6H2. The molecule has 1 aromatic rings. The molecule has 2 fully saturated rings. The Morgan fingerprint density at radius 2 is 2.19 bits per heavy atom. The topological polar surface area (TPSA) is 63.0 Å². The second kappa shape index (κ2) is 4.14. The smallest absolute Gasteiger partial charge is 0.150 e. The van der Waals surface area contributed by atoms with Gasteiger partial charge in [-0.3, -0.25) is 0 Å². The summed E-state index contributed by atoms with van der Waals surface area (Å²) in [5.74, 6) is 1.00. The first-order chi connectivity index (χ1) is 7.84. The average Bonchev–Trinajstić information content (AvgIpc) is 2.96. The van der Waals surface area contributed by atoms with Gasteiger partial charge in [0.2, 0.25) is 0 Å². The first kappa shape index (κ1) is 10.2. The average molecular weight is 222 g/mol. The number of aromatic nitrogens is 3. The summed E-state index contributed by atoms with van der Waals surface area (Å²) < 4.78 is 2.21. The fourth-order valence-corrected chi connectivity index (χ4v) is 2.88. The van der Waals surface area contributed by atoms with Crippen molar-refractivity contribution < 1.29 is 5.11 Å². The Kier molecular flexibility index (Phi) is 2.65. The Balaban J connectivity index is 1.81. The van der Waals surface area contributed by atoms with E-state index in [1.54, 1.807) is 0 Å². The van der Waals surface area contributed by atoms with Crippen LogP contribution in [0.1, 0.15) is 50.0 Å². The van der Waals surface area contributed by atoms with Gasteiger partial charge in [-0.05, 0) is 19.3 Å². The number of hydrogen-bond acceptors (Lipinski definition) is 4. The minimum atomic E-state index is -0.237. The lowest BCUT2D eigenvalue weighted by Gasteiger charge is -2.17. The maximum atomic E-state index is 9.53. The van der Waals surface area contributed by atoms with E-state index in [0.29, 0.717) is 12.6 Å². The molecule has 2 N–H and O–H groups in total. The molecule has 0 radical (unpaired) electrons. The number of aliphatic hydroxyl groups excluding tert-OH is 1. The molecule has 2 atom stereocenters. The van der Waals surface area contributed by atoms with Crippen molar-refractivity contribution in [1.29, 1.82) is 0 Å². The molecule has 0 bridgehead atoms. The second-order valence-electron chi connectivity index (χ2n) is 4.89. The van der Waals surface area contributed by atoms with Crippen LogP contribution in [0.25, 0.3) is 0 Å². The molecule has 88 valence electrons. The quantitative estimate of drug-likeness (QED) is 0.776. The Morgan fingerprint density at radius 3 is 2.88 bits per heavy atom. The van der Waals surface area contributed by atoms with Crippen LogP contribution in [-0.2, 0) is 0 Å². The SMILES string of the molecule is OC1CNC(c2nncn2C2CCCC2)C1. The van der Waals surface area contributed by atoms with Gasteiger partial charge in [-0.15, -0.1) is 10.2 Å². The summed E-state index contributed by atoms with van der Waals surface area (Å²) in [5.41, 5.74) is 0. The van der Waals surface area contributed by atoms with Gasteiger partial charge < -0.3 is 15.0 Å². The van der Waals surface area contributed by atoms with E-state index in [-0.39, 0.29) is 12.1 Å². The first-order valence-corrected chi connectivity index (χ1v) is 6.15. The molecule has 16 heavy (non-hydrogen) atoms. The van der Waals surface area contributed by atoms with Crippen LogP contribution in [0.15, 0.2) is 6.33 Å². The zero-order chi connectivity index (χ0) is 11.0. The Bertz CT molecular complexity index is 359. The molecule has 1 saturated heterocycles. The molecule has 2 heterocycles. The minimum Gasteiger partial charge on any atom is -0.392 e. The third kappa shape index (κ3) is 1.74. The molecule has 2 aliphatic rings. The van der Waals surface area contributed by atoms with Gasteiger partial charge in [-0.2, -0.15) is 0 Å². The van der Waals surface area contributed by atoms with E-state index in [0.717, 1.165) is 12.2 Å². The zero-order valence-electron chi connectivity index (χ0n) is 9.34. The van der Waals surface area contributed by atoms with Crippen molar-refractivity contribution in [1.82, 2.24) is 20.1 Å². The lowest BCUT2D eigenvalue weighted by Crippen LogP contribution is -2.20. The van der Waals surface area contributed by atoms with Gasteiger partial charge in [0, 0.05) is 12.6 Å². The highest BCUT2D eigenvalue weighted by Gasteiger charge is 2.29. The monoisotopic (exact) mass is 222 g/mol. The van der Waals surface area contributed by atoms with Crippen LogP contribution in [0.3, 0.4) is 0 Å². The molecule has 5 nitrogen and oxygen atoms in total. The molecule has 1 aromatic heterocycles. The highest BCUT2D eigenvalue weighted by atomic mass is 16.3. The number of aliphatic hydroxyl groups is 1. The molecule has 0 spiro atoms. The van der Waals surface area contributed by atoms with Crippen LogP contribution in [0.2, 0.25) is 0 Å². The van der Waals surface area contributed by atoms with Crippen LogP contribution in [0.4, 0.5) is 0 Å². The number of rotatable bonds is 2. The molecule has 3 rings (SSSR count). The van der Waals surface area contributed by atoms with Gasteiger partial charge in [0.1, 0.15) is 12.2 Å². The fraction of sp³-hybridized carbons (Fsp3) is 0.818. The van der Waals surface area contributed by atoms with Crippen LogP contribution < -0.4 is 5.32 Å². The van der Waals surface area contributed by atoms with E-state index in [2.05, 4.69) is 20.1 Å². The van der Waals surface area contributed by atoms with E-state index in [1.165, 1.54) is 25.7 Å². The molecule has 1 aliphatic heterocycles. The van der Waals surface area contributed by atoms with E-state index in [9.17, 15) is 5.11 Å². The summed E-state index contributed by atoms with van der Waals surface area (Å²) in [6, 6.07) is 0.752. The van der Waals surface area contributed by atoms with Gasteiger partial charge >= 0.3 is 0 Å². The maximum Gasteiger partial charge on any atom is 0.150 e. The molecule has 0 aromatic carbocycles. The summed E-state index contributed by atoms with van der Waals surface area (Å²) in [6.07, 6.45) is 7.45. The predicted octanol–water partition coefficient (Wildman–Crippen LogP) is 0.788. The van der Waals surface area contributed by atoms with Crippen LogP contribution in [-0.4, -0.2) is 32.5 Å². The number of hydrogen-bond donors (Lipinski definition) is 2. The highest BCUT2D eigenvalue weighted by Crippen LogP contribution is 2.32. The highest BCUT2D eigenvalue weighted by molar-refractivity contribution is 5.02. The predicted molar refractivity (Wildman–Crippen MR) is 58.9 cm³/mol. The van der Waals surface area contributed by atoms with Crippen molar-refractivity contribution in [3.05, 3.63) is 12.2 Å². The van der Waals surface area contributed by atoms with Crippen LogP contribution in [0, 0.1) is 0 Å². The lowest BCUT2D eigenvalue weighted by atomic mass is 10.1. The van der Waals surface area contributed by atoms with Crippen LogP contribution >= 0.6 is 0 Å². The van der Waals surface area contributed by atoms with Crippen molar-refractivity contribution in [2.45, 2.75) is 50.3 Å². The van der Waals surface area contributed by atoms with Crippen molar-refractivity contribution in [3.8, 4) is 0 Å². The van der Waals surface area contributed by atoms with Gasteiger partial charge in [-0.25, -0.2) is 0 Å². The lowest BCUT2D eigenvalue weighted by molar-refractivity contribution is 0.192. The van der Waals surface area contributed by atoms with Crippen molar-refractivity contribution in [2.24, 2.45) is 0 Å². The zero-order valence-corrected chi connectivity index (χ0v) is 9.34. The summed E-state index contributed by atoms with van der Waals surface area (Å²) in [5, 5.41) is 21.1. The van der Waals surface area contributed by atoms with E-state index < -0.39 is 0 Å². The van der Waals surface area contributed by atoms with E-state index >= 15 is 0 Å². The third-order valence-electron chi connectivity index (χ3n) is 3.74. The van der Waals surface area contributed by atoms with Gasteiger partial charge in [-0.1, -0.05) is 12.8 Å². The second-order valence-corrected chi connectivity index (χ2v) is 4.89. The summed E-state index contributed by atoms with van der Waals surface area (Å²) in [6.45, 7) is 0.669. The number of β-amino-alcohol motifs (C(OH)–C–C–N with tert-alkyl or cyclic N) is 1. The Labute approximate surface area is 94.9 Å². The molecular formula is C11H18N4O. The van der Waals surface area contributed by atoms with Crippen molar-refractivity contribution >= 4 is 0 Å². The Morgan fingerprint density at radius 1 is 1.38 bits per heavy atom. The minimum absolute atomic E-state index is 0.179. The van der Waals surface area contributed by atoms with Crippen molar-refractivity contribution in [3.63, 3.8) is 0 Å². The largest absolute Gasteiger partial charge is 0.392 e. The Hall–Kier alpha value is -0.940. The third-order valence-corrected chi connectivity index (χ3v) is 3.74. The van der Waals surface area contributed by atoms with Gasteiger partial charge in [0.25, 0.3) is 0 Å². The molecule has 5 heteroatoms. The number of nitrogens with one attached hydrogen (secondary N) is 1. The number of nitrogens with zero attached hydrogens (tertiary/aromatic N) is 3. The van der Waals surface area contributed by atoms with E-state index in [1.807, 2.05) is 6.33 Å². The maximum absolute atomic E-state index is 9.53. The molecule has 0 amide bonds.